The summed E-state index contributed by atoms with van der Waals surface area (Å²) >= 11 is 1.45. The molecule has 114 valence electrons. The zero-order valence-corrected chi connectivity index (χ0v) is 12.9. The molecule has 1 heterocycles. The van der Waals surface area contributed by atoms with E-state index in [-0.39, 0.29) is 25.0 Å². The normalized spacial score (nSPS) is 9.90. The fourth-order valence-electron chi connectivity index (χ4n) is 1.75. The highest BCUT2D eigenvalue weighted by molar-refractivity contribution is 7.13. The smallest absolute Gasteiger partial charge is 0.348 e. The number of carbonyl (C=O) groups excluding carboxylic acids is 2. The molecule has 0 aliphatic carbocycles. The van der Waals surface area contributed by atoms with Crippen molar-refractivity contribution in [2.75, 3.05) is 13.7 Å². The van der Waals surface area contributed by atoms with Crippen LogP contribution in [-0.4, -0.2) is 25.7 Å². The predicted molar refractivity (Wildman–Crippen MR) is 79.0 cm³/mol. The van der Waals surface area contributed by atoms with Crippen LogP contribution in [-0.2, 0) is 20.7 Å². The molecular formula is C15H19NO4S. The third-order valence-electron chi connectivity index (χ3n) is 2.83. The van der Waals surface area contributed by atoms with E-state index in [0.717, 1.165) is 30.6 Å². The zero-order valence-electron chi connectivity index (χ0n) is 12.1. The summed E-state index contributed by atoms with van der Waals surface area (Å²) in [6.45, 7) is 0.181. The van der Waals surface area contributed by atoms with Crippen LogP contribution in [0.1, 0.15) is 46.7 Å². The van der Waals surface area contributed by atoms with Gasteiger partial charge in [-0.2, -0.15) is 5.26 Å². The number of nitrogens with zero attached hydrogens (tertiary/aromatic N) is 1. The average Bonchev–Trinajstić information content (AvgIpc) is 2.95. The molecule has 0 saturated heterocycles. The van der Waals surface area contributed by atoms with Crippen LogP contribution in [0.25, 0.3) is 0 Å². The van der Waals surface area contributed by atoms with E-state index >= 15 is 0 Å². The second-order valence-electron chi connectivity index (χ2n) is 4.45. The molecule has 0 amide bonds. The molecule has 6 heteroatoms. The Hall–Kier alpha value is -1.87. The number of rotatable bonds is 9. The molecule has 1 aromatic rings. The molecule has 0 bridgehead atoms. The number of unbranched alkanes of at least 4 members (excludes halogenated alkanes) is 2. The first-order valence-corrected chi connectivity index (χ1v) is 7.68. The number of methoxy groups -OCH3 is 1. The Balaban J connectivity index is 2.11. The summed E-state index contributed by atoms with van der Waals surface area (Å²) in [6.07, 6.45) is 4.20. The van der Waals surface area contributed by atoms with Gasteiger partial charge in [0.15, 0.2) is 0 Å². The molecule has 0 spiro atoms. The first kappa shape index (κ1) is 17.2. The lowest BCUT2D eigenvalue weighted by Crippen LogP contribution is -2.05. The van der Waals surface area contributed by atoms with Crippen LogP contribution in [0.3, 0.4) is 0 Å². The van der Waals surface area contributed by atoms with Crippen LogP contribution >= 0.6 is 11.3 Å². The van der Waals surface area contributed by atoms with Crippen molar-refractivity contribution >= 4 is 23.3 Å². The van der Waals surface area contributed by atoms with Crippen molar-refractivity contribution in [1.29, 1.82) is 5.26 Å². The molecule has 0 fully saturated rings. The van der Waals surface area contributed by atoms with Crippen molar-refractivity contribution in [2.45, 2.75) is 38.5 Å². The van der Waals surface area contributed by atoms with Gasteiger partial charge < -0.3 is 9.47 Å². The lowest BCUT2D eigenvalue weighted by atomic mass is 10.1. The molecule has 1 rings (SSSR count). The molecule has 0 radical (unpaired) electrons. The Morgan fingerprint density at radius 2 is 2.10 bits per heavy atom. The topological polar surface area (TPSA) is 76.4 Å². The lowest BCUT2D eigenvalue weighted by Gasteiger charge is -2.02. The van der Waals surface area contributed by atoms with Gasteiger partial charge >= 0.3 is 11.9 Å². The number of hydrogen-bond acceptors (Lipinski definition) is 6. The fourth-order valence-corrected chi connectivity index (χ4v) is 2.72. The molecule has 0 atom stereocenters. The van der Waals surface area contributed by atoms with Crippen LogP contribution in [0, 0.1) is 11.3 Å². The quantitative estimate of drug-likeness (QED) is 0.517. The van der Waals surface area contributed by atoms with Crippen LogP contribution in [0.5, 0.6) is 0 Å². The van der Waals surface area contributed by atoms with E-state index in [2.05, 4.69) is 4.74 Å². The lowest BCUT2D eigenvalue weighted by molar-refractivity contribution is -0.143. The molecule has 0 aliphatic rings. The second kappa shape index (κ2) is 9.94. The van der Waals surface area contributed by atoms with E-state index in [9.17, 15) is 9.59 Å². The zero-order chi connectivity index (χ0) is 15.5. The third kappa shape index (κ3) is 6.91. The van der Waals surface area contributed by atoms with Crippen molar-refractivity contribution in [1.82, 2.24) is 0 Å². The summed E-state index contributed by atoms with van der Waals surface area (Å²) in [5.41, 5.74) is 0. The number of carbonyl (C=O) groups is 2. The van der Waals surface area contributed by atoms with E-state index < -0.39 is 0 Å². The van der Waals surface area contributed by atoms with Gasteiger partial charge in [0.2, 0.25) is 0 Å². The summed E-state index contributed by atoms with van der Waals surface area (Å²) in [6, 6.07) is 5.64. The number of ether oxygens (including phenoxy) is 2. The standard InChI is InChI=1S/C15H19NO4S/c1-19-15(18)13-9-8-12(21-13)6-3-2-4-7-14(17)20-11-5-10-16/h8-9H,2-7,11H2,1H3. The van der Waals surface area contributed by atoms with Gasteiger partial charge in [-0.25, -0.2) is 4.79 Å². The number of thiophene rings is 1. The Morgan fingerprint density at radius 1 is 1.29 bits per heavy atom. The van der Waals surface area contributed by atoms with Gasteiger partial charge in [0.05, 0.1) is 19.6 Å². The number of esters is 2. The highest BCUT2D eigenvalue weighted by atomic mass is 32.1. The minimum absolute atomic E-state index is 0.181. The van der Waals surface area contributed by atoms with Crippen LogP contribution in [0.15, 0.2) is 12.1 Å². The van der Waals surface area contributed by atoms with Crippen LogP contribution in [0.4, 0.5) is 0 Å². The Kier molecular flexibility index (Phi) is 8.14. The highest BCUT2D eigenvalue weighted by Gasteiger charge is 2.08. The molecule has 0 unspecified atom stereocenters. The average molecular weight is 309 g/mol. The Bertz CT molecular complexity index is 504. The van der Waals surface area contributed by atoms with E-state index in [1.165, 1.54) is 18.4 Å². The van der Waals surface area contributed by atoms with Crippen molar-refractivity contribution in [3.05, 3.63) is 21.9 Å². The first-order valence-electron chi connectivity index (χ1n) is 6.87. The molecule has 0 N–H and O–H groups in total. The van der Waals surface area contributed by atoms with Crippen molar-refractivity contribution in [3.8, 4) is 6.07 Å². The van der Waals surface area contributed by atoms with Gasteiger partial charge in [0.25, 0.3) is 0 Å². The molecule has 21 heavy (non-hydrogen) atoms. The van der Waals surface area contributed by atoms with Gasteiger partial charge in [-0.3, -0.25) is 4.79 Å². The monoisotopic (exact) mass is 309 g/mol. The molecule has 0 aliphatic heterocycles. The van der Waals surface area contributed by atoms with E-state index in [4.69, 9.17) is 10.00 Å². The molecule has 0 saturated carbocycles. The second-order valence-corrected chi connectivity index (χ2v) is 5.62. The summed E-state index contributed by atoms with van der Waals surface area (Å²) < 4.78 is 9.54. The molecule has 1 aromatic heterocycles. The summed E-state index contributed by atoms with van der Waals surface area (Å²) in [4.78, 5) is 24.3. The van der Waals surface area contributed by atoms with E-state index in [0.29, 0.717) is 11.3 Å². The maximum atomic E-state index is 11.3. The van der Waals surface area contributed by atoms with E-state index in [1.54, 1.807) is 6.07 Å². The number of hydrogen-bond donors (Lipinski definition) is 0. The number of nitriles is 1. The van der Waals surface area contributed by atoms with Gasteiger partial charge in [-0.1, -0.05) is 6.42 Å². The predicted octanol–water partition coefficient (Wildman–Crippen LogP) is 3.09. The highest BCUT2D eigenvalue weighted by Crippen LogP contribution is 2.19. The summed E-state index contributed by atoms with van der Waals surface area (Å²) in [5.74, 6) is -0.541. The van der Waals surface area contributed by atoms with Crippen LogP contribution < -0.4 is 0 Å². The maximum absolute atomic E-state index is 11.3. The summed E-state index contributed by atoms with van der Waals surface area (Å²) in [5, 5.41) is 8.32. The van der Waals surface area contributed by atoms with Gasteiger partial charge in [-0.05, 0) is 31.4 Å². The maximum Gasteiger partial charge on any atom is 0.348 e. The SMILES string of the molecule is COC(=O)c1ccc(CCCCCC(=O)OCCC#N)s1. The van der Waals surface area contributed by atoms with Crippen molar-refractivity contribution in [2.24, 2.45) is 0 Å². The Labute approximate surface area is 128 Å². The molecule has 0 aromatic carbocycles. The van der Waals surface area contributed by atoms with Gasteiger partial charge in [0, 0.05) is 11.3 Å². The number of aryl methyl sites for hydroxylation is 1. The van der Waals surface area contributed by atoms with Crippen LogP contribution in [0.2, 0.25) is 0 Å². The first-order chi connectivity index (χ1) is 10.2. The fraction of sp³-hybridized carbons (Fsp3) is 0.533. The van der Waals surface area contributed by atoms with Crippen molar-refractivity contribution < 1.29 is 19.1 Å². The van der Waals surface area contributed by atoms with E-state index in [1.807, 2.05) is 12.1 Å². The third-order valence-corrected chi connectivity index (χ3v) is 3.95. The molecular weight excluding hydrogens is 290 g/mol. The summed E-state index contributed by atoms with van der Waals surface area (Å²) in [7, 11) is 1.37. The minimum Gasteiger partial charge on any atom is -0.465 e. The van der Waals surface area contributed by atoms with Gasteiger partial charge in [-0.15, -0.1) is 11.3 Å². The van der Waals surface area contributed by atoms with Gasteiger partial charge in [0.1, 0.15) is 11.5 Å². The minimum atomic E-state index is -0.300. The van der Waals surface area contributed by atoms with Crippen molar-refractivity contribution in [3.63, 3.8) is 0 Å². The largest absolute Gasteiger partial charge is 0.465 e. The Morgan fingerprint density at radius 3 is 2.81 bits per heavy atom. The molecule has 5 nitrogen and oxygen atoms in total.